The number of halogens is 1. The van der Waals surface area contributed by atoms with Gasteiger partial charge in [-0.2, -0.15) is 0 Å². The Morgan fingerprint density at radius 3 is 2.52 bits per heavy atom. The third kappa shape index (κ3) is 4.37. The van der Waals surface area contributed by atoms with Gasteiger partial charge in [0.25, 0.3) is 5.91 Å². The van der Waals surface area contributed by atoms with Crippen LogP contribution in [0.25, 0.3) is 11.8 Å². The number of imide groups is 1. The summed E-state index contributed by atoms with van der Waals surface area (Å²) in [5.41, 5.74) is 3.13. The van der Waals surface area contributed by atoms with Crippen molar-refractivity contribution in [1.29, 1.82) is 0 Å². The number of nitrogens with one attached hydrogen (secondary N) is 2. The summed E-state index contributed by atoms with van der Waals surface area (Å²) in [6, 6.07) is 16.1. The molecule has 0 aliphatic carbocycles. The summed E-state index contributed by atoms with van der Waals surface area (Å²) < 4.78 is 14.9. The number of para-hydroxylation sites is 1. The van der Waals surface area contributed by atoms with Crippen molar-refractivity contribution in [3.63, 3.8) is 0 Å². The van der Waals surface area contributed by atoms with Gasteiger partial charge in [0.2, 0.25) is 5.91 Å². The molecule has 31 heavy (non-hydrogen) atoms. The van der Waals surface area contributed by atoms with E-state index in [1.807, 2.05) is 54.1 Å². The highest BCUT2D eigenvalue weighted by atomic mass is 19.1. The Morgan fingerprint density at radius 2 is 1.81 bits per heavy atom. The van der Waals surface area contributed by atoms with Crippen LogP contribution in [0.5, 0.6) is 0 Å². The van der Waals surface area contributed by atoms with E-state index in [1.54, 1.807) is 6.08 Å². The second-order valence-electron chi connectivity index (χ2n) is 7.05. The van der Waals surface area contributed by atoms with Gasteiger partial charge in [-0.05, 0) is 61.0 Å². The highest BCUT2D eigenvalue weighted by Gasteiger charge is 2.35. The Kier molecular flexibility index (Phi) is 5.36. The van der Waals surface area contributed by atoms with E-state index >= 15 is 0 Å². The zero-order valence-electron chi connectivity index (χ0n) is 16.6. The number of nitrogens with zero attached hydrogens (tertiary/aromatic N) is 2. The SMILES string of the molecule is Cc1cc(/C=C2/NC(=O)N(CC(=O)Nc3ccc(F)cc3)C2=O)cn1-c1ccccc1. The Balaban J connectivity index is 1.47. The van der Waals surface area contributed by atoms with Gasteiger partial charge in [-0.3, -0.25) is 9.59 Å². The van der Waals surface area contributed by atoms with Crippen molar-refractivity contribution in [2.24, 2.45) is 0 Å². The fourth-order valence-corrected chi connectivity index (χ4v) is 3.30. The molecule has 3 aromatic rings. The number of aryl methyl sites for hydroxylation is 1. The second-order valence-corrected chi connectivity index (χ2v) is 7.05. The number of rotatable bonds is 5. The first-order valence-electron chi connectivity index (χ1n) is 9.55. The molecule has 0 atom stereocenters. The largest absolute Gasteiger partial charge is 0.329 e. The van der Waals surface area contributed by atoms with Crippen LogP contribution in [0.4, 0.5) is 14.9 Å². The number of hydrogen-bond acceptors (Lipinski definition) is 3. The number of benzene rings is 2. The van der Waals surface area contributed by atoms with Gasteiger partial charge in [0.1, 0.15) is 18.1 Å². The molecule has 0 saturated carbocycles. The zero-order valence-corrected chi connectivity index (χ0v) is 16.6. The first-order chi connectivity index (χ1) is 14.9. The lowest BCUT2D eigenvalue weighted by Crippen LogP contribution is -2.38. The summed E-state index contributed by atoms with van der Waals surface area (Å²) in [4.78, 5) is 37.9. The van der Waals surface area contributed by atoms with E-state index in [1.165, 1.54) is 24.3 Å². The number of urea groups is 1. The van der Waals surface area contributed by atoms with Crippen LogP contribution in [0.1, 0.15) is 11.3 Å². The fourth-order valence-electron chi connectivity index (χ4n) is 3.30. The molecule has 1 aliphatic heterocycles. The maximum atomic E-state index is 13.0. The molecule has 2 aromatic carbocycles. The van der Waals surface area contributed by atoms with E-state index in [0.29, 0.717) is 5.69 Å². The Bertz CT molecular complexity index is 1180. The van der Waals surface area contributed by atoms with Gasteiger partial charge in [0.15, 0.2) is 0 Å². The van der Waals surface area contributed by atoms with Gasteiger partial charge in [-0.1, -0.05) is 18.2 Å². The first-order valence-corrected chi connectivity index (χ1v) is 9.55. The third-order valence-electron chi connectivity index (χ3n) is 4.77. The standard InChI is InChI=1S/C23H19FN4O3/c1-15-11-16(13-27(15)19-5-3-2-4-6-19)12-20-22(30)28(23(31)26-20)14-21(29)25-18-9-7-17(24)8-10-18/h2-13H,14H2,1H3,(H,25,29)(H,26,31)/b20-12+. The maximum absolute atomic E-state index is 13.0. The number of aromatic nitrogens is 1. The van der Waals surface area contributed by atoms with Gasteiger partial charge in [0, 0.05) is 23.3 Å². The van der Waals surface area contributed by atoms with Crippen LogP contribution in [0.2, 0.25) is 0 Å². The molecule has 0 radical (unpaired) electrons. The van der Waals surface area contributed by atoms with E-state index in [4.69, 9.17) is 0 Å². The molecule has 4 amide bonds. The predicted molar refractivity (Wildman–Crippen MR) is 114 cm³/mol. The van der Waals surface area contributed by atoms with Crippen molar-refractivity contribution in [3.05, 3.63) is 89.6 Å². The maximum Gasteiger partial charge on any atom is 0.329 e. The average Bonchev–Trinajstić information content (AvgIpc) is 3.24. The van der Waals surface area contributed by atoms with Crippen LogP contribution in [-0.2, 0) is 9.59 Å². The molecule has 0 spiro atoms. The molecule has 1 fully saturated rings. The fraction of sp³-hybridized carbons (Fsp3) is 0.0870. The summed E-state index contributed by atoms with van der Waals surface area (Å²) in [5.74, 6) is -1.59. The van der Waals surface area contributed by atoms with Crippen molar-refractivity contribution in [3.8, 4) is 5.69 Å². The van der Waals surface area contributed by atoms with E-state index in [9.17, 15) is 18.8 Å². The summed E-state index contributed by atoms with van der Waals surface area (Å²) in [6.07, 6.45) is 3.44. The number of carbonyl (C=O) groups excluding carboxylic acids is 3. The van der Waals surface area contributed by atoms with E-state index in [0.717, 1.165) is 21.8 Å². The smallest absolute Gasteiger partial charge is 0.325 e. The Hall–Kier alpha value is -4.20. The lowest BCUT2D eigenvalue weighted by molar-refractivity contribution is -0.127. The molecule has 2 heterocycles. The average molecular weight is 418 g/mol. The number of hydrogen-bond donors (Lipinski definition) is 2. The molecule has 1 aromatic heterocycles. The summed E-state index contributed by atoms with van der Waals surface area (Å²) >= 11 is 0. The summed E-state index contributed by atoms with van der Waals surface area (Å²) in [7, 11) is 0. The molecule has 0 bridgehead atoms. The molecule has 4 rings (SSSR count). The molecule has 0 unspecified atom stereocenters. The Morgan fingerprint density at radius 1 is 1.10 bits per heavy atom. The first kappa shape index (κ1) is 20.1. The molecular weight excluding hydrogens is 399 g/mol. The lowest BCUT2D eigenvalue weighted by atomic mass is 10.2. The minimum absolute atomic E-state index is 0.0878. The molecule has 8 heteroatoms. The van der Waals surface area contributed by atoms with Gasteiger partial charge in [-0.15, -0.1) is 0 Å². The van der Waals surface area contributed by atoms with Crippen LogP contribution in [-0.4, -0.2) is 33.9 Å². The third-order valence-corrected chi connectivity index (χ3v) is 4.77. The lowest BCUT2D eigenvalue weighted by Gasteiger charge is -2.11. The van der Waals surface area contributed by atoms with Crippen molar-refractivity contribution < 1.29 is 18.8 Å². The zero-order chi connectivity index (χ0) is 22.0. The number of carbonyl (C=O) groups is 3. The minimum Gasteiger partial charge on any atom is -0.325 e. The topological polar surface area (TPSA) is 83.4 Å². The summed E-state index contributed by atoms with van der Waals surface area (Å²) in [5, 5.41) is 5.04. The second kappa shape index (κ2) is 8.27. The normalized spacial score (nSPS) is 14.8. The molecule has 1 aliphatic rings. The highest BCUT2D eigenvalue weighted by Crippen LogP contribution is 2.19. The Labute approximate surface area is 177 Å². The quantitative estimate of drug-likeness (QED) is 0.492. The van der Waals surface area contributed by atoms with Crippen molar-refractivity contribution in [2.75, 3.05) is 11.9 Å². The van der Waals surface area contributed by atoms with Gasteiger partial charge in [-0.25, -0.2) is 14.1 Å². The molecule has 1 saturated heterocycles. The monoisotopic (exact) mass is 418 g/mol. The van der Waals surface area contributed by atoms with Gasteiger partial charge < -0.3 is 15.2 Å². The molecule has 7 nitrogen and oxygen atoms in total. The number of anilines is 1. The van der Waals surface area contributed by atoms with Gasteiger partial charge in [0.05, 0.1) is 0 Å². The molecule has 156 valence electrons. The highest BCUT2D eigenvalue weighted by molar-refractivity contribution is 6.15. The van der Waals surface area contributed by atoms with Gasteiger partial charge >= 0.3 is 6.03 Å². The van der Waals surface area contributed by atoms with E-state index in [-0.39, 0.29) is 5.70 Å². The van der Waals surface area contributed by atoms with E-state index in [2.05, 4.69) is 10.6 Å². The van der Waals surface area contributed by atoms with Crippen molar-refractivity contribution >= 4 is 29.6 Å². The van der Waals surface area contributed by atoms with Crippen LogP contribution < -0.4 is 10.6 Å². The predicted octanol–water partition coefficient (Wildman–Crippen LogP) is 3.46. The summed E-state index contributed by atoms with van der Waals surface area (Å²) in [6.45, 7) is 1.49. The van der Waals surface area contributed by atoms with Crippen LogP contribution in [0.3, 0.4) is 0 Å². The van der Waals surface area contributed by atoms with Crippen molar-refractivity contribution in [1.82, 2.24) is 14.8 Å². The minimum atomic E-state index is -0.676. The van der Waals surface area contributed by atoms with Crippen LogP contribution in [0, 0.1) is 12.7 Å². The molecular formula is C23H19FN4O3. The number of amides is 4. The van der Waals surface area contributed by atoms with Crippen LogP contribution >= 0.6 is 0 Å². The van der Waals surface area contributed by atoms with Crippen LogP contribution in [0.15, 0.2) is 72.6 Å². The molecule has 2 N–H and O–H groups in total. The van der Waals surface area contributed by atoms with Crippen molar-refractivity contribution in [2.45, 2.75) is 6.92 Å². The van der Waals surface area contributed by atoms with E-state index < -0.39 is 30.2 Å².